The van der Waals surface area contributed by atoms with Crippen LogP contribution in [0, 0.1) is 0 Å². The lowest BCUT2D eigenvalue weighted by Crippen LogP contribution is -2.22. The Kier molecular flexibility index (Phi) is 3.20. The molecule has 3 rings (SSSR count). The summed E-state index contributed by atoms with van der Waals surface area (Å²) in [5.41, 5.74) is 1.42. The quantitative estimate of drug-likeness (QED) is 0.766. The predicted molar refractivity (Wildman–Crippen MR) is 81.9 cm³/mol. The molecule has 0 amide bonds. The van der Waals surface area contributed by atoms with E-state index >= 15 is 0 Å². The third-order valence-electron chi connectivity index (χ3n) is 3.55. The topological polar surface area (TPSA) is 33.1 Å². The molecule has 0 bridgehead atoms. The Labute approximate surface area is 122 Å². The van der Waals surface area contributed by atoms with Crippen LogP contribution in [0.25, 0.3) is 10.9 Å². The van der Waals surface area contributed by atoms with Gasteiger partial charge >= 0.3 is 0 Å². The smallest absolute Gasteiger partial charge is 0.112 e. The Morgan fingerprint density at radius 1 is 1.00 bits per heavy atom. The van der Waals surface area contributed by atoms with Crippen molar-refractivity contribution < 1.29 is 5.11 Å². The first kappa shape index (κ1) is 13.1. The van der Waals surface area contributed by atoms with E-state index in [4.69, 9.17) is 11.6 Å². The number of hydrogen-bond acceptors (Lipinski definition) is 2. The fraction of sp³-hybridized carbons (Fsp3) is 0.118. The first-order valence-electron chi connectivity index (χ1n) is 6.41. The second kappa shape index (κ2) is 4.89. The lowest BCUT2D eigenvalue weighted by atomic mass is 9.87. The summed E-state index contributed by atoms with van der Waals surface area (Å²) in [6.45, 7) is 1.77. The fourth-order valence-corrected chi connectivity index (χ4v) is 2.53. The normalized spacial score (nSPS) is 14.2. The van der Waals surface area contributed by atoms with Crippen molar-refractivity contribution in [3.8, 4) is 0 Å². The first-order chi connectivity index (χ1) is 9.57. The number of pyridine rings is 1. The highest BCUT2D eigenvalue weighted by Gasteiger charge is 2.25. The molecule has 20 heavy (non-hydrogen) atoms. The maximum Gasteiger partial charge on any atom is 0.112 e. The minimum Gasteiger partial charge on any atom is -0.381 e. The maximum absolute atomic E-state index is 10.9. The van der Waals surface area contributed by atoms with E-state index in [0.29, 0.717) is 5.02 Å². The summed E-state index contributed by atoms with van der Waals surface area (Å²) in [7, 11) is 0. The highest BCUT2D eigenvalue weighted by atomic mass is 35.5. The monoisotopic (exact) mass is 283 g/mol. The Balaban J connectivity index is 2.13. The standard InChI is InChI=1S/C17H14ClNO/c1-17(20,13-5-2-6-15(18)11-13)14-7-8-16-12(10-14)4-3-9-19-16/h2-11,20H,1H3. The summed E-state index contributed by atoms with van der Waals surface area (Å²) < 4.78 is 0. The largest absolute Gasteiger partial charge is 0.381 e. The van der Waals surface area contributed by atoms with Crippen LogP contribution in [0.4, 0.5) is 0 Å². The van der Waals surface area contributed by atoms with Gasteiger partial charge in [0.2, 0.25) is 0 Å². The van der Waals surface area contributed by atoms with Crippen molar-refractivity contribution in [2.24, 2.45) is 0 Å². The van der Waals surface area contributed by atoms with Crippen molar-refractivity contribution in [1.29, 1.82) is 0 Å². The number of halogens is 1. The van der Waals surface area contributed by atoms with Gasteiger partial charge in [-0.2, -0.15) is 0 Å². The molecule has 3 aromatic rings. The second-order valence-electron chi connectivity index (χ2n) is 4.99. The van der Waals surface area contributed by atoms with Crippen molar-refractivity contribution in [2.45, 2.75) is 12.5 Å². The molecule has 1 N–H and O–H groups in total. The number of nitrogens with zero attached hydrogens (tertiary/aromatic N) is 1. The molecule has 3 heteroatoms. The molecule has 0 fully saturated rings. The lowest BCUT2D eigenvalue weighted by Gasteiger charge is -2.25. The fourth-order valence-electron chi connectivity index (χ4n) is 2.34. The van der Waals surface area contributed by atoms with Crippen LogP contribution in [0.5, 0.6) is 0 Å². The van der Waals surface area contributed by atoms with E-state index in [9.17, 15) is 5.11 Å². The number of aromatic nitrogens is 1. The zero-order valence-electron chi connectivity index (χ0n) is 11.0. The summed E-state index contributed by atoms with van der Waals surface area (Å²) in [6.07, 6.45) is 1.76. The average Bonchev–Trinajstić information content (AvgIpc) is 2.46. The minimum absolute atomic E-state index is 0.616. The number of hydrogen-bond donors (Lipinski definition) is 1. The van der Waals surface area contributed by atoms with Crippen molar-refractivity contribution >= 4 is 22.5 Å². The molecule has 0 aliphatic carbocycles. The van der Waals surface area contributed by atoms with E-state index in [1.807, 2.05) is 42.5 Å². The predicted octanol–water partition coefficient (Wildman–Crippen LogP) is 4.14. The summed E-state index contributed by atoms with van der Waals surface area (Å²) >= 11 is 6.01. The van der Waals surface area contributed by atoms with Gasteiger partial charge in [-0.3, -0.25) is 4.98 Å². The molecular weight excluding hydrogens is 270 g/mol. The molecule has 0 radical (unpaired) electrons. The van der Waals surface area contributed by atoms with Crippen molar-refractivity contribution in [3.63, 3.8) is 0 Å². The van der Waals surface area contributed by atoms with Gasteiger partial charge in [0.25, 0.3) is 0 Å². The Morgan fingerprint density at radius 2 is 1.80 bits per heavy atom. The van der Waals surface area contributed by atoms with Crippen LogP contribution in [0.15, 0.2) is 60.8 Å². The highest BCUT2D eigenvalue weighted by molar-refractivity contribution is 6.30. The van der Waals surface area contributed by atoms with Crippen LogP contribution in [0.1, 0.15) is 18.1 Å². The molecule has 1 aromatic heterocycles. The van der Waals surface area contributed by atoms with Gasteiger partial charge in [-0.05, 0) is 48.4 Å². The number of rotatable bonds is 2. The molecule has 0 aliphatic heterocycles. The van der Waals surface area contributed by atoms with E-state index in [2.05, 4.69) is 4.98 Å². The van der Waals surface area contributed by atoms with Gasteiger partial charge in [0.1, 0.15) is 5.60 Å². The van der Waals surface area contributed by atoms with E-state index in [1.54, 1.807) is 25.3 Å². The molecule has 1 unspecified atom stereocenters. The summed E-state index contributed by atoms with van der Waals surface area (Å²) in [5, 5.41) is 12.5. The minimum atomic E-state index is -1.09. The third-order valence-corrected chi connectivity index (χ3v) is 3.79. The van der Waals surface area contributed by atoms with E-state index in [1.165, 1.54) is 0 Å². The molecule has 0 saturated carbocycles. The zero-order valence-corrected chi connectivity index (χ0v) is 11.8. The van der Waals surface area contributed by atoms with Gasteiger partial charge in [-0.1, -0.05) is 35.9 Å². The van der Waals surface area contributed by atoms with Crippen molar-refractivity contribution in [3.05, 3.63) is 76.9 Å². The van der Waals surface area contributed by atoms with Crippen LogP contribution >= 0.6 is 11.6 Å². The van der Waals surface area contributed by atoms with E-state index in [0.717, 1.165) is 22.0 Å². The van der Waals surface area contributed by atoms with Gasteiger partial charge in [0.05, 0.1) is 5.52 Å². The second-order valence-corrected chi connectivity index (χ2v) is 5.43. The molecule has 2 aromatic carbocycles. The Morgan fingerprint density at radius 3 is 2.60 bits per heavy atom. The van der Waals surface area contributed by atoms with Crippen LogP contribution in [-0.4, -0.2) is 10.1 Å². The molecule has 2 nitrogen and oxygen atoms in total. The van der Waals surface area contributed by atoms with Crippen LogP contribution in [0.2, 0.25) is 5.02 Å². The third kappa shape index (κ3) is 2.28. The van der Waals surface area contributed by atoms with Gasteiger partial charge in [-0.15, -0.1) is 0 Å². The average molecular weight is 284 g/mol. The molecule has 1 heterocycles. The zero-order chi connectivity index (χ0) is 14.2. The van der Waals surface area contributed by atoms with Crippen molar-refractivity contribution in [2.75, 3.05) is 0 Å². The molecule has 0 spiro atoms. The number of fused-ring (bicyclic) bond motifs is 1. The summed E-state index contributed by atoms with van der Waals surface area (Å²) in [5.74, 6) is 0. The number of aliphatic hydroxyl groups is 1. The van der Waals surface area contributed by atoms with Gasteiger partial charge in [0, 0.05) is 16.6 Å². The lowest BCUT2D eigenvalue weighted by molar-refractivity contribution is 0.102. The maximum atomic E-state index is 10.9. The Bertz CT molecular complexity index is 768. The van der Waals surface area contributed by atoms with Crippen molar-refractivity contribution in [1.82, 2.24) is 4.98 Å². The number of benzene rings is 2. The van der Waals surface area contributed by atoms with Crippen LogP contribution in [-0.2, 0) is 5.60 Å². The Hall–Kier alpha value is -1.90. The molecule has 0 saturated heterocycles. The molecule has 1 atom stereocenters. The van der Waals surface area contributed by atoms with Crippen LogP contribution in [0.3, 0.4) is 0 Å². The summed E-state index contributed by atoms with van der Waals surface area (Å²) in [4.78, 5) is 4.29. The van der Waals surface area contributed by atoms with Crippen LogP contribution < -0.4 is 0 Å². The summed E-state index contributed by atoms with van der Waals surface area (Å²) in [6, 6.07) is 17.0. The first-order valence-corrected chi connectivity index (χ1v) is 6.79. The molecule has 0 aliphatic rings. The molecular formula is C17H14ClNO. The van der Waals surface area contributed by atoms with E-state index in [-0.39, 0.29) is 0 Å². The molecule has 100 valence electrons. The van der Waals surface area contributed by atoms with E-state index < -0.39 is 5.60 Å². The van der Waals surface area contributed by atoms with Gasteiger partial charge in [0.15, 0.2) is 0 Å². The SMILES string of the molecule is CC(O)(c1cccc(Cl)c1)c1ccc2ncccc2c1. The highest BCUT2D eigenvalue weighted by Crippen LogP contribution is 2.31. The van der Waals surface area contributed by atoms with Gasteiger partial charge < -0.3 is 5.11 Å². The van der Waals surface area contributed by atoms with Gasteiger partial charge in [-0.25, -0.2) is 0 Å².